The molecule has 2 aromatic rings. The van der Waals surface area contributed by atoms with Crippen LogP contribution < -0.4 is 19.7 Å². The van der Waals surface area contributed by atoms with Crippen molar-refractivity contribution >= 4 is 17.4 Å². The number of rotatable bonds is 8. The summed E-state index contributed by atoms with van der Waals surface area (Å²) in [7, 11) is 2.00. The zero-order chi connectivity index (χ0) is 19.9. The number of carbonyl (C=O) groups is 2. The van der Waals surface area contributed by atoms with Crippen molar-refractivity contribution < 1.29 is 19.1 Å². The van der Waals surface area contributed by atoms with Gasteiger partial charge in [0.1, 0.15) is 13.2 Å². The Morgan fingerprint density at radius 2 is 1.75 bits per heavy atom. The lowest BCUT2D eigenvalue weighted by molar-refractivity contribution is -0.121. The number of carbonyl (C=O) groups excluding carboxylic acids is 2. The van der Waals surface area contributed by atoms with E-state index in [2.05, 4.69) is 10.2 Å². The predicted molar refractivity (Wildman–Crippen MR) is 108 cm³/mol. The van der Waals surface area contributed by atoms with Gasteiger partial charge in [0.2, 0.25) is 5.91 Å². The molecule has 0 saturated carbocycles. The Hall–Kier alpha value is -3.02. The fraction of sp³-hybridized carbons (Fsp3) is 0.364. The number of likely N-dealkylation sites (N-methyl/N-ethyl adjacent to an activating group) is 1. The number of anilines is 1. The number of nitrogens with zero attached hydrogens (tertiary/aromatic N) is 1. The molecule has 0 aliphatic carbocycles. The number of nitrogens with one attached hydrogen (secondary N) is 1. The number of hydrogen-bond donors (Lipinski definition) is 1. The molecule has 148 valence electrons. The normalized spacial score (nSPS) is 13.5. The molecule has 28 heavy (non-hydrogen) atoms. The molecule has 1 amide bonds. The van der Waals surface area contributed by atoms with Gasteiger partial charge in [-0.25, -0.2) is 0 Å². The molecule has 6 heteroatoms. The second-order valence-corrected chi connectivity index (χ2v) is 6.88. The van der Waals surface area contributed by atoms with Crippen LogP contribution in [-0.4, -0.2) is 44.5 Å². The van der Waals surface area contributed by atoms with E-state index in [-0.39, 0.29) is 30.6 Å². The van der Waals surface area contributed by atoms with Crippen molar-refractivity contribution in [2.24, 2.45) is 0 Å². The van der Waals surface area contributed by atoms with Gasteiger partial charge in [-0.15, -0.1) is 0 Å². The molecule has 2 aromatic carbocycles. The SMILES string of the molecule is CC(CNC(=O)CCC(=O)c1ccc2c(c1)OCCO2)N(C)c1ccccc1. The van der Waals surface area contributed by atoms with Crippen LogP contribution in [0, 0.1) is 0 Å². The van der Waals surface area contributed by atoms with Gasteiger partial charge in [0, 0.05) is 43.7 Å². The van der Waals surface area contributed by atoms with E-state index < -0.39 is 0 Å². The third kappa shape index (κ3) is 5.03. The largest absolute Gasteiger partial charge is 0.486 e. The molecule has 3 rings (SSSR count). The first kappa shape index (κ1) is 19.7. The van der Waals surface area contributed by atoms with Crippen molar-refractivity contribution in [3.8, 4) is 11.5 Å². The fourth-order valence-corrected chi connectivity index (χ4v) is 2.99. The molecule has 0 radical (unpaired) electrons. The minimum atomic E-state index is -0.126. The molecule has 0 saturated heterocycles. The molecule has 0 bridgehead atoms. The topological polar surface area (TPSA) is 67.9 Å². The Labute approximate surface area is 165 Å². The summed E-state index contributed by atoms with van der Waals surface area (Å²) in [5.74, 6) is 1.03. The zero-order valence-electron chi connectivity index (χ0n) is 16.3. The summed E-state index contributed by atoms with van der Waals surface area (Å²) in [4.78, 5) is 26.6. The number of benzene rings is 2. The first-order chi connectivity index (χ1) is 13.5. The van der Waals surface area contributed by atoms with Crippen LogP contribution >= 0.6 is 0 Å². The number of amides is 1. The molecule has 0 spiro atoms. The second-order valence-electron chi connectivity index (χ2n) is 6.88. The molecule has 0 fully saturated rings. The van der Waals surface area contributed by atoms with E-state index in [1.54, 1.807) is 18.2 Å². The molecule has 0 aromatic heterocycles. The number of ether oxygens (including phenoxy) is 2. The van der Waals surface area contributed by atoms with Crippen LogP contribution in [-0.2, 0) is 4.79 Å². The number of ketones is 1. The first-order valence-corrected chi connectivity index (χ1v) is 9.52. The Morgan fingerprint density at radius 3 is 2.50 bits per heavy atom. The monoisotopic (exact) mass is 382 g/mol. The van der Waals surface area contributed by atoms with Gasteiger partial charge in [-0.3, -0.25) is 9.59 Å². The zero-order valence-corrected chi connectivity index (χ0v) is 16.3. The van der Waals surface area contributed by atoms with Crippen LogP contribution in [0.3, 0.4) is 0 Å². The van der Waals surface area contributed by atoms with Crippen LogP contribution in [0.2, 0.25) is 0 Å². The van der Waals surface area contributed by atoms with Crippen molar-refractivity contribution in [3.63, 3.8) is 0 Å². The van der Waals surface area contributed by atoms with Gasteiger partial charge in [-0.1, -0.05) is 18.2 Å². The maximum Gasteiger partial charge on any atom is 0.220 e. The summed E-state index contributed by atoms with van der Waals surface area (Å²) in [5.41, 5.74) is 1.63. The van der Waals surface area contributed by atoms with Crippen LogP contribution in [0.15, 0.2) is 48.5 Å². The standard InChI is InChI=1S/C22H26N2O4/c1-16(24(2)18-6-4-3-5-7-18)15-23-22(26)11-9-19(25)17-8-10-20-21(14-17)28-13-12-27-20/h3-8,10,14,16H,9,11-13,15H2,1-2H3,(H,23,26). The van der Waals surface area contributed by atoms with Crippen molar-refractivity contribution in [1.29, 1.82) is 0 Å². The molecular formula is C22H26N2O4. The quantitative estimate of drug-likeness (QED) is 0.711. The van der Waals surface area contributed by atoms with E-state index in [1.165, 1.54) is 0 Å². The van der Waals surface area contributed by atoms with Crippen molar-refractivity contribution in [2.45, 2.75) is 25.8 Å². The summed E-state index contributed by atoms with van der Waals surface area (Å²) in [6, 6.07) is 15.3. The maximum atomic E-state index is 12.4. The van der Waals surface area contributed by atoms with Crippen LogP contribution in [0.5, 0.6) is 11.5 Å². The van der Waals surface area contributed by atoms with Crippen molar-refractivity contribution in [2.75, 3.05) is 31.7 Å². The lowest BCUT2D eigenvalue weighted by Crippen LogP contribution is -2.40. The highest BCUT2D eigenvalue weighted by molar-refractivity contribution is 5.98. The van der Waals surface area contributed by atoms with Crippen LogP contribution in [0.25, 0.3) is 0 Å². The van der Waals surface area contributed by atoms with Gasteiger partial charge in [-0.05, 0) is 37.3 Å². The molecule has 1 N–H and O–H groups in total. The van der Waals surface area contributed by atoms with Gasteiger partial charge in [0.05, 0.1) is 0 Å². The van der Waals surface area contributed by atoms with Crippen LogP contribution in [0.4, 0.5) is 5.69 Å². The minimum Gasteiger partial charge on any atom is -0.486 e. The molecule has 1 unspecified atom stereocenters. The molecule has 1 aliphatic heterocycles. The van der Waals surface area contributed by atoms with E-state index in [0.717, 1.165) is 5.69 Å². The van der Waals surface area contributed by atoms with Gasteiger partial charge < -0.3 is 19.7 Å². The van der Waals surface area contributed by atoms with Crippen LogP contribution in [0.1, 0.15) is 30.1 Å². The summed E-state index contributed by atoms with van der Waals surface area (Å²) >= 11 is 0. The van der Waals surface area contributed by atoms with E-state index in [4.69, 9.17) is 9.47 Å². The van der Waals surface area contributed by atoms with Gasteiger partial charge in [0.25, 0.3) is 0 Å². The summed E-state index contributed by atoms with van der Waals surface area (Å²) < 4.78 is 11.0. The minimum absolute atomic E-state index is 0.0819. The highest BCUT2D eigenvalue weighted by Crippen LogP contribution is 2.31. The molecule has 6 nitrogen and oxygen atoms in total. The Kier molecular flexibility index (Phi) is 6.53. The maximum absolute atomic E-state index is 12.4. The third-order valence-corrected chi connectivity index (χ3v) is 4.86. The van der Waals surface area contributed by atoms with Crippen molar-refractivity contribution in [1.82, 2.24) is 5.32 Å². The van der Waals surface area contributed by atoms with Crippen molar-refractivity contribution in [3.05, 3.63) is 54.1 Å². The van der Waals surface area contributed by atoms with E-state index >= 15 is 0 Å². The average molecular weight is 382 g/mol. The molecule has 1 aliphatic rings. The number of para-hydroxylation sites is 1. The smallest absolute Gasteiger partial charge is 0.220 e. The lowest BCUT2D eigenvalue weighted by Gasteiger charge is -2.27. The second kappa shape index (κ2) is 9.26. The van der Waals surface area contributed by atoms with Gasteiger partial charge in [0.15, 0.2) is 17.3 Å². The summed E-state index contributed by atoms with van der Waals surface area (Å²) in [6.07, 6.45) is 0.323. The van der Waals surface area contributed by atoms with Gasteiger partial charge >= 0.3 is 0 Å². The molecular weight excluding hydrogens is 356 g/mol. The molecule has 1 atom stereocenters. The van der Waals surface area contributed by atoms with E-state index in [9.17, 15) is 9.59 Å². The summed E-state index contributed by atoms with van der Waals surface area (Å²) in [5, 5.41) is 2.91. The lowest BCUT2D eigenvalue weighted by atomic mass is 10.1. The number of Topliss-reactive ketones (excluding diaryl/α,β-unsaturated/α-hetero) is 1. The average Bonchev–Trinajstić information content (AvgIpc) is 2.75. The highest BCUT2D eigenvalue weighted by Gasteiger charge is 2.16. The number of fused-ring (bicyclic) bond motifs is 1. The van der Waals surface area contributed by atoms with E-state index in [0.29, 0.717) is 36.8 Å². The Morgan fingerprint density at radius 1 is 1.04 bits per heavy atom. The first-order valence-electron chi connectivity index (χ1n) is 9.52. The Bertz CT molecular complexity index is 823. The van der Waals surface area contributed by atoms with Gasteiger partial charge in [-0.2, -0.15) is 0 Å². The predicted octanol–water partition coefficient (Wildman–Crippen LogP) is 3.06. The highest BCUT2D eigenvalue weighted by atomic mass is 16.6. The van der Waals surface area contributed by atoms with E-state index in [1.807, 2.05) is 44.3 Å². The number of hydrogen-bond acceptors (Lipinski definition) is 5. The fourth-order valence-electron chi connectivity index (χ4n) is 2.99. The molecule has 1 heterocycles. The Balaban J connectivity index is 1.44. The third-order valence-electron chi connectivity index (χ3n) is 4.86. The summed E-state index contributed by atoms with van der Waals surface area (Å²) in [6.45, 7) is 3.55.